The van der Waals surface area contributed by atoms with Crippen molar-refractivity contribution >= 4 is 0 Å². The average molecular weight is 345 g/mol. The Balaban J connectivity index is 1.83. The van der Waals surface area contributed by atoms with Crippen molar-refractivity contribution < 1.29 is 4.74 Å². The van der Waals surface area contributed by atoms with Gasteiger partial charge < -0.3 is 14.6 Å². The number of imidazole rings is 1. The van der Waals surface area contributed by atoms with Gasteiger partial charge in [-0.1, -0.05) is 13.8 Å². The number of nitrogens with zero attached hydrogens (tertiary/aromatic N) is 4. The van der Waals surface area contributed by atoms with E-state index in [-0.39, 0.29) is 6.04 Å². The van der Waals surface area contributed by atoms with Crippen LogP contribution in [0, 0.1) is 5.92 Å². The summed E-state index contributed by atoms with van der Waals surface area (Å²) in [6.45, 7) is 6.92. The highest BCUT2D eigenvalue weighted by atomic mass is 16.5. The zero-order valence-electron chi connectivity index (χ0n) is 16.0. The fourth-order valence-corrected chi connectivity index (χ4v) is 4.00. The van der Waals surface area contributed by atoms with E-state index < -0.39 is 0 Å². The van der Waals surface area contributed by atoms with Crippen LogP contribution in [-0.2, 0) is 38.2 Å². The fraction of sp³-hybridized carbons (Fsp3) is 0.684. The molecular weight excluding hydrogens is 314 g/mol. The summed E-state index contributed by atoms with van der Waals surface area (Å²) in [5.41, 5.74) is 3.89. The lowest BCUT2D eigenvalue weighted by Gasteiger charge is -2.31. The van der Waals surface area contributed by atoms with Gasteiger partial charge in [0.15, 0.2) is 0 Å². The van der Waals surface area contributed by atoms with Crippen molar-refractivity contribution in [2.75, 3.05) is 13.2 Å². The fourth-order valence-electron chi connectivity index (χ4n) is 4.00. The molecule has 1 atom stereocenters. The van der Waals surface area contributed by atoms with E-state index in [0.29, 0.717) is 5.92 Å². The molecule has 1 unspecified atom stereocenters. The van der Waals surface area contributed by atoms with Crippen molar-refractivity contribution in [1.82, 2.24) is 24.6 Å². The van der Waals surface area contributed by atoms with Gasteiger partial charge in [-0.3, -0.25) is 4.68 Å². The van der Waals surface area contributed by atoms with Crippen LogP contribution in [0.5, 0.6) is 0 Å². The Bertz CT molecular complexity index is 684. The molecule has 6 heteroatoms. The third kappa shape index (κ3) is 3.80. The molecule has 0 spiro atoms. The van der Waals surface area contributed by atoms with Crippen molar-refractivity contribution in [3.05, 3.63) is 35.2 Å². The molecule has 0 radical (unpaired) electrons. The molecule has 1 aliphatic rings. The molecule has 1 N–H and O–H groups in total. The number of aryl methyl sites for hydroxylation is 3. The predicted molar refractivity (Wildman–Crippen MR) is 98.3 cm³/mol. The topological polar surface area (TPSA) is 56.9 Å². The van der Waals surface area contributed by atoms with Crippen molar-refractivity contribution in [2.24, 2.45) is 20.0 Å². The number of hydrogen-bond donors (Lipinski definition) is 1. The molecule has 1 saturated heterocycles. The van der Waals surface area contributed by atoms with Gasteiger partial charge >= 0.3 is 0 Å². The molecular formula is C19H31N5O. The first-order chi connectivity index (χ1) is 12.2. The maximum Gasteiger partial charge on any atom is 0.125 e. The monoisotopic (exact) mass is 345 g/mol. The van der Waals surface area contributed by atoms with Gasteiger partial charge in [0, 0.05) is 57.5 Å². The quantitative estimate of drug-likeness (QED) is 0.838. The van der Waals surface area contributed by atoms with Gasteiger partial charge in [0.2, 0.25) is 0 Å². The second-order valence-corrected chi connectivity index (χ2v) is 6.91. The highest BCUT2D eigenvalue weighted by Gasteiger charge is 2.28. The van der Waals surface area contributed by atoms with Crippen molar-refractivity contribution in [1.29, 1.82) is 0 Å². The smallest absolute Gasteiger partial charge is 0.125 e. The Morgan fingerprint density at radius 3 is 2.60 bits per heavy atom. The number of rotatable bonds is 7. The Kier molecular flexibility index (Phi) is 5.91. The predicted octanol–water partition coefficient (Wildman–Crippen LogP) is 2.54. The minimum Gasteiger partial charge on any atom is -0.381 e. The summed E-state index contributed by atoms with van der Waals surface area (Å²) in [5.74, 6) is 1.67. The van der Waals surface area contributed by atoms with E-state index >= 15 is 0 Å². The molecule has 6 nitrogen and oxygen atoms in total. The molecule has 25 heavy (non-hydrogen) atoms. The lowest BCUT2D eigenvalue weighted by atomic mass is 9.90. The average Bonchev–Trinajstić information content (AvgIpc) is 3.19. The van der Waals surface area contributed by atoms with Gasteiger partial charge in [0.1, 0.15) is 5.82 Å². The van der Waals surface area contributed by atoms with Crippen LogP contribution < -0.4 is 5.32 Å². The molecule has 138 valence electrons. The van der Waals surface area contributed by atoms with E-state index in [4.69, 9.17) is 9.84 Å². The lowest BCUT2D eigenvalue weighted by molar-refractivity contribution is 0.0518. The van der Waals surface area contributed by atoms with Crippen LogP contribution in [0.2, 0.25) is 0 Å². The van der Waals surface area contributed by atoms with E-state index in [0.717, 1.165) is 51.3 Å². The third-order valence-electron chi connectivity index (χ3n) is 5.40. The minimum atomic E-state index is 0.249. The van der Waals surface area contributed by atoms with Crippen LogP contribution in [0.4, 0.5) is 0 Å². The van der Waals surface area contributed by atoms with E-state index in [1.165, 1.54) is 17.0 Å². The zero-order chi connectivity index (χ0) is 17.8. The van der Waals surface area contributed by atoms with Gasteiger partial charge in [-0.15, -0.1) is 0 Å². The molecule has 1 fully saturated rings. The maximum atomic E-state index is 5.57. The lowest BCUT2D eigenvalue weighted by Crippen LogP contribution is -2.34. The van der Waals surface area contributed by atoms with Gasteiger partial charge in [-0.2, -0.15) is 5.10 Å². The van der Waals surface area contributed by atoms with E-state index in [1.54, 1.807) is 0 Å². The largest absolute Gasteiger partial charge is 0.381 e. The first-order valence-electron chi connectivity index (χ1n) is 9.47. The highest BCUT2D eigenvalue weighted by molar-refractivity contribution is 5.27. The standard InChI is InChI=1S/C19H31N5O/c1-5-16-15(17(6-2)24(4)22-16)13-21-18(14-7-11-25-12-8-14)19-20-9-10-23(19)3/h9-10,14,18,21H,5-8,11-13H2,1-4H3. The maximum absolute atomic E-state index is 5.57. The molecule has 0 saturated carbocycles. The Labute approximate surface area is 150 Å². The molecule has 0 aromatic carbocycles. The van der Waals surface area contributed by atoms with Crippen molar-refractivity contribution in [2.45, 2.75) is 52.1 Å². The summed E-state index contributed by atoms with van der Waals surface area (Å²) >= 11 is 0. The summed E-state index contributed by atoms with van der Waals surface area (Å²) in [6.07, 6.45) is 8.06. The second kappa shape index (κ2) is 8.15. The Morgan fingerprint density at radius 2 is 2.00 bits per heavy atom. The van der Waals surface area contributed by atoms with Crippen LogP contribution in [-0.4, -0.2) is 32.5 Å². The molecule has 0 aliphatic carbocycles. The summed E-state index contributed by atoms with van der Waals surface area (Å²) in [4.78, 5) is 4.63. The van der Waals surface area contributed by atoms with E-state index in [1.807, 2.05) is 17.1 Å². The third-order valence-corrected chi connectivity index (χ3v) is 5.40. The summed E-state index contributed by atoms with van der Waals surface area (Å²) in [5, 5.41) is 8.53. The second-order valence-electron chi connectivity index (χ2n) is 6.91. The zero-order valence-corrected chi connectivity index (χ0v) is 16.0. The van der Waals surface area contributed by atoms with Crippen molar-refractivity contribution in [3.63, 3.8) is 0 Å². The SMILES string of the molecule is CCc1nn(C)c(CC)c1CNC(c1nccn1C)C1CCOCC1. The van der Waals surface area contributed by atoms with E-state index in [9.17, 15) is 0 Å². The number of ether oxygens (including phenoxy) is 1. The van der Waals surface area contributed by atoms with Crippen LogP contribution >= 0.6 is 0 Å². The molecule has 1 aliphatic heterocycles. The number of hydrogen-bond acceptors (Lipinski definition) is 4. The van der Waals surface area contributed by atoms with Gasteiger partial charge in [-0.05, 0) is 31.6 Å². The summed E-state index contributed by atoms with van der Waals surface area (Å²) in [6, 6.07) is 0.249. The molecule has 0 amide bonds. The number of aromatic nitrogens is 4. The minimum absolute atomic E-state index is 0.249. The number of nitrogens with one attached hydrogen (secondary N) is 1. The van der Waals surface area contributed by atoms with Crippen LogP contribution in [0.15, 0.2) is 12.4 Å². The summed E-state index contributed by atoms with van der Waals surface area (Å²) < 4.78 is 9.75. The molecule has 0 bridgehead atoms. The first-order valence-corrected chi connectivity index (χ1v) is 9.47. The molecule has 2 aromatic rings. The van der Waals surface area contributed by atoms with Crippen LogP contribution in [0.3, 0.4) is 0 Å². The van der Waals surface area contributed by atoms with E-state index in [2.05, 4.69) is 42.8 Å². The van der Waals surface area contributed by atoms with Crippen LogP contribution in [0.25, 0.3) is 0 Å². The van der Waals surface area contributed by atoms with Crippen LogP contribution in [0.1, 0.15) is 55.5 Å². The van der Waals surface area contributed by atoms with Gasteiger partial charge in [0.25, 0.3) is 0 Å². The molecule has 3 rings (SSSR count). The van der Waals surface area contributed by atoms with Gasteiger partial charge in [-0.25, -0.2) is 4.98 Å². The highest BCUT2D eigenvalue weighted by Crippen LogP contribution is 2.30. The Hall–Kier alpha value is -1.66. The molecule has 3 heterocycles. The first kappa shape index (κ1) is 18.1. The van der Waals surface area contributed by atoms with Crippen molar-refractivity contribution in [3.8, 4) is 0 Å². The Morgan fingerprint density at radius 1 is 1.24 bits per heavy atom. The van der Waals surface area contributed by atoms with Gasteiger partial charge in [0.05, 0.1) is 11.7 Å². The summed E-state index contributed by atoms with van der Waals surface area (Å²) in [7, 11) is 4.13. The molecule has 2 aromatic heterocycles. The normalized spacial score (nSPS) is 17.1.